The summed E-state index contributed by atoms with van der Waals surface area (Å²) in [5.41, 5.74) is 4.56. The second kappa shape index (κ2) is 6.92. The fourth-order valence-corrected chi connectivity index (χ4v) is 2.66. The second-order valence-electron chi connectivity index (χ2n) is 5.84. The molecule has 0 aliphatic heterocycles. The minimum atomic E-state index is -0.168. The number of aromatic nitrogens is 1. The lowest BCUT2D eigenvalue weighted by Gasteiger charge is -2.14. The Hall–Kier alpha value is -3.90. The van der Waals surface area contributed by atoms with Gasteiger partial charge >= 0.3 is 0 Å². The number of benzene rings is 2. The molecule has 0 radical (unpaired) electrons. The zero-order chi connectivity index (χ0) is 18.7. The molecule has 126 valence electrons. The van der Waals surface area contributed by atoms with Crippen molar-refractivity contribution in [2.75, 3.05) is 10.6 Å². The minimum Gasteiger partial charge on any atom is -0.354 e. The van der Waals surface area contributed by atoms with Crippen molar-refractivity contribution in [2.45, 2.75) is 13.8 Å². The van der Waals surface area contributed by atoms with Crippen LogP contribution >= 0.6 is 0 Å². The Morgan fingerprint density at radius 2 is 1.85 bits per heavy atom. The summed E-state index contributed by atoms with van der Waals surface area (Å²) in [5.74, 6) is -0.168. The molecule has 1 aromatic heterocycles. The van der Waals surface area contributed by atoms with Crippen LogP contribution in [0.3, 0.4) is 0 Å². The number of anilines is 3. The van der Waals surface area contributed by atoms with E-state index in [0.29, 0.717) is 28.0 Å². The summed E-state index contributed by atoms with van der Waals surface area (Å²) in [7, 11) is 0. The fraction of sp³-hybridized carbons (Fsp3) is 0.100. The predicted molar refractivity (Wildman–Crippen MR) is 99.9 cm³/mol. The highest BCUT2D eigenvalue weighted by atomic mass is 16.1. The molecule has 1 amide bonds. The number of carbonyl (C=O) groups is 1. The van der Waals surface area contributed by atoms with E-state index in [2.05, 4.69) is 27.8 Å². The van der Waals surface area contributed by atoms with E-state index in [1.807, 2.05) is 19.1 Å². The Morgan fingerprint density at radius 3 is 2.46 bits per heavy atom. The van der Waals surface area contributed by atoms with Gasteiger partial charge in [-0.25, -0.2) is 0 Å². The van der Waals surface area contributed by atoms with Gasteiger partial charge in [-0.05, 0) is 48.9 Å². The first-order valence-corrected chi connectivity index (χ1v) is 7.90. The molecule has 0 bridgehead atoms. The number of nitriles is 2. The van der Waals surface area contributed by atoms with Crippen molar-refractivity contribution in [2.24, 2.45) is 0 Å². The Kier molecular flexibility index (Phi) is 4.51. The fourth-order valence-electron chi connectivity index (χ4n) is 2.66. The smallest absolute Gasteiger partial charge is 0.221 e. The van der Waals surface area contributed by atoms with Gasteiger partial charge in [-0.3, -0.25) is 9.78 Å². The van der Waals surface area contributed by atoms with Crippen LogP contribution in [-0.4, -0.2) is 10.9 Å². The Morgan fingerprint density at radius 1 is 1.12 bits per heavy atom. The van der Waals surface area contributed by atoms with E-state index in [1.54, 1.807) is 24.3 Å². The number of nitrogens with zero attached hydrogens (tertiary/aromatic N) is 3. The molecule has 26 heavy (non-hydrogen) atoms. The number of carbonyl (C=O) groups excluding carboxylic acids is 1. The molecule has 2 N–H and O–H groups in total. The molecule has 0 aliphatic rings. The molecule has 3 aromatic rings. The van der Waals surface area contributed by atoms with Crippen LogP contribution in [0.15, 0.2) is 42.6 Å². The third-order valence-corrected chi connectivity index (χ3v) is 3.93. The van der Waals surface area contributed by atoms with E-state index < -0.39 is 0 Å². The summed E-state index contributed by atoms with van der Waals surface area (Å²) in [4.78, 5) is 15.8. The van der Waals surface area contributed by atoms with E-state index in [1.165, 1.54) is 13.1 Å². The van der Waals surface area contributed by atoms with E-state index in [-0.39, 0.29) is 5.91 Å². The number of amides is 1. The maximum atomic E-state index is 11.4. The van der Waals surface area contributed by atoms with Crippen molar-refractivity contribution in [1.82, 2.24) is 4.98 Å². The van der Waals surface area contributed by atoms with E-state index in [9.17, 15) is 10.1 Å². The molecule has 3 rings (SSSR count). The van der Waals surface area contributed by atoms with E-state index in [4.69, 9.17) is 5.26 Å². The molecule has 0 saturated carbocycles. The van der Waals surface area contributed by atoms with Gasteiger partial charge in [0.25, 0.3) is 0 Å². The first-order valence-electron chi connectivity index (χ1n) is 7.90. The van der Waals surface area contributed by atoms with Crippen LogP contribution in [0.25, 0.3) is 10.9 Å². The van der Waals surface area contributed by atoms with E-state index >= 15 is 0 Å². The van der Waals surface area contributed by atoms with Crippen molar-refractivity contribution >= 4 is 33.9 Å². The van der Waals surface area contributed by atoms with Gasteiger partial charge in [-0.15, -0.1) is 0 Å². The third kappa shape index (κ3) is 3.31. The number of pyridine rings is 1. The number of fused-ring (bicyclic) bond motifs is 1. The highest BCUT2D eigenvalue weighted by Gasteiger charge is 2.12. The maximum Gasteiger partial charge on any atom is 0.221 e. The average molecular weight is 341 g/mol. The van der Waals surface area contributed by atoms with Crippen LogP contribution in [0.5, 0.6) is 0 Å². The van der Waals surface area contributed by atoms with Crippen LogP contribution in [0.1, 0.15) is 23.6 Å². The molecular formula is C20H15N5O. The lowest BCUT2D eigenvalue weighted by atomic mass is 10.1. The third-order valence-electron chi connectivity index (χ3n) is 3.93. The van der Waals surface area contributed by atoms with Crippen molar-refractivity contribution in [1.29, 1.82) is 10.5 Å². The van der Waals surface area contributed by atoms with Gasteiger partial charge in [-0.1, -0.05) is 0 Å². The second-order valence-corrected chi connectivity index (χ2v) is 5.84. The van der Waals surface area contributed by atoms with Crippen molar-refractivity contribution in [3.8, 4) is 12.1 Å². The number of nitrogens with one attached hydrogen (secondary N) is 2. The zero-order valence-corrected chi connectivity index (χ0v) is 14.3. The first kappa shape index (κ1) is 16.9. The normalized spacial score (nSPS) is 10.0. The summed E-state index contributed by atoms with van der Waals surface area (Å²) in [5, 5.41) is 25.1. The van der Waals surface area contributed by atoms with Gasteiger partial charge in [0.1, 0.15) is 6.07 Å². The topological polar surface area (TPSA) is 102 Å². The van der Waals surface area contributed by atoms with Gasteiger partial charge in [-0.2, -0.15) is 10.5 Å². The van der Waals surface area contributed by atoms with Gasteiger partial charge in [0, 0.05) is 29.9 Å². The number of hydrogen-bond acceptors (Lipinski definition) is 5. The Bertz CT molecular complexity index is 1090. The quantitative estimate of drug-likeness (QED) is 0.750. The summed E-state index contributed by atoms with van der Waals surface area (Å²) in [6.45, 7) is 3.34. The van der Waals surface area contributed by atoms with Gasteiger partial charge in [0.2, 0.25) is 5.91 Å². The minimum absolute atomic E-state index is 0.168. The monoisotopic (exact) mass is 341 g/mol. The van der Waals surface area contributed by atoms with Crippen LogP contribution in [-0.2, 0) is 4.79 Å². The highest BCUT2D eigenvalue weighted by Crippen LogP contribution is 2.32. The summed E-state index contributed by atoms with van der Waals surface area (Å²) in [6, 6.07) is 14.8. The molecule has 2 aromatic carbocycles. The van der Waals surface area contributed by atoms with Crippen LogP contribution in [0.2, 0.25) is 0 Å². The number of rotatable bonds is 3. The SMILES string of the molecule is CC(=O)Nc1cc2c(Nc3ccc(C#N)cc3)c(C#N)cnc2cc1C. The lowest BCUT2D eigenvalue weighted by Crippen LogP contribution is -2.07. The molecule has 0 spiro atoms. The van der Waals surface area contributed by atoms with Crippen molar-refractivity contribution in [3.05, 3.63) is 59.3 Å². The predicted octanol–water partition coefficient (Wildman–Crippen LogP) is 3.99. The summed E-state index contributed by atoms with van der Waals surface area (Å²) in [6.07, 6.45) is 1.52. The molecule has 0 atom stereocenters. The largest absolute Gasteiger partial charge is 0.354 e. The Balaban J connectivity index is 2.15. The highest BCUT2D eigenvalue weighted by molar-refractivity contribution is 6.00. The van der Waals surface area contributed by atoms with Crippen molar-refractivity contribution in [3.63, 3.8) is 0 Å². The molecule has 0 aliphatic carbocycles. The zero-order valence-electron chi connectivity index (χ0n) is 14.3. The van der Waals surface area contributed by atoms with Crippen LogP contribution in [0.4, 0.5) is 17.1 Å². The molecule has 1 heterocycles. The van der Waals surface area contributed by atoms with E-state index in [0.717, 1.165) is 16.6 Å². The lowest BCUT2D eigenvalue weighted by molar-refractivity contribution is -0.114. The maximum absolute atomic E-state index is 11.4. The number of hydrogen-bond donors (Lipinski definition) is 2. The Labute approximate surface area is 150 Å². The van der Waals surface area contributed by atoms with Crippen LogP contribution in [0, 0.1) is 29.6 Å². The molecule has 6 heteroatoms. The molecule has 6 nitrogen and oxygen atoms in total. The van der Waals surface area contributed by atoms with Crippen molar-refractivity contribution < 1.29 is 4.79 Å². The molecular weight excluding hydrogens is 326 g/mol. The van der Waals surface area contributed by atoms with Gasteiger partial charge in [0.15, 0.2) is 0 Å². The molecule has 0 unspecified atom stereocenters. The van der Waals surface area contributed by atoms with Gasteiger partial charge in [0.05, 0.1) is 28.4 Å². The van der Waals surface area contributed by atoms with Crippen LogP contribution < -0.4 is 10.6 Å². The van der Waals surface area contributed by atoms with Gasteiger partial charge < -0.3 is 10.6 Å². The molecule has 0 saturated heterocycles. The molecule has 0 fully saturated rings. The average Bonchev–Trinajstić information content (AvgIpc) is 2.63. The number of aryl methyl sites for hydroxylation is 1. The summed E-state index contributed by atoms with van der Waals surface area (Å²) < 4.78 is 0. The summed E-state index contributed by atoms with van der Waals surface area (Å²) >= 11 is 0. The standard InChI is InChI=1S/C20H15N5O/c1-12-7-19-17(8-18(12)24-13(2)26)20(15(10-22)11-23-19)25-16-5-3-14(9-21)4-6-16/h3-8,11H,1-2H3,(H,23,25)(H,24,26). The first-order chi connectivity index (χ1) is 12.5.